The maximum Gasteiger partial charge on any atom is 0.125 e. The molecule has 1 aliphatic heterocycles. The molecule has 0 saturated carbocycles. The lowest BCUT2D eigenvalue weighted by atomic mass is 10.0. The number of anilines is 1. The molecule has 140 valence electrons. The van der Waals surface area contributed by atoms with Crippen LogP contribution in [-0.2, 0) is 4.74 Å². The molecule has 1 fully saturated rings. The maximum absolute atomic E-state index is 13.8. The minimum Gasteiger partial charge on any atom is -0.383 e. The second-order valence-electron chi connectivity index (χ2n) is 6.62. The molecule has 1 aliphatic rings. The Morgan fingerprint density at radius 2 is 1.85 bits per heavy atom. The van der Waals surface area contributed by atoms with E-state index >= 15 is 0 Å². The Hall–Kier alpha value is -2.57. The van der Waals surface area contributed by atoms with Crippen LogP contribution in [0.4, 0.5) is 14.5 Å². The van der Waals surface area contributed by atoms with Crippen molar-refractivity contribution < 1.29 is 13.5 Å². The zero-order chi connectivity index (χ0) is 18.6. The van der Waals surface area contributed by atoms with Gasteiger partial charge < -0.3 is 10.1 Å². The van der Waals surface area contributed by atoms with Gasteiger partial charge in [-0.05, 0) is 35.9 Å². The van der Waals surface area contributed by atoms with Crippen LogP contribution in [0.2, 0.25) is 0 Å². The predicted octanol–water partition coefficient (Wildman–Crippen LogP) is 4.00. The highest BCUT2D eigenvalue weighted by Gasteiger charge is 2.23. The van der Waals surface area contributed by atoms with Crippen LogP contribution in [0.3, 0.4) is 0 Å². The first-order valence-electron chi connectivity index (χ1n) is 9.06. The Labute approximate surface area is 156 Å². The van der Waals surface area contributed by atoms with Crippen molar-refractivity contribution in [1.29, 1.82) is 0 Å². The quantitative estimate of drug-likeness (QED) is 0.738. The van der Waals surface area contributed by atoms with Gasteiger partial charge in [0, 0.05) is 43.0 Å². The minimum absolute atomic E-state index is 0.00765. The molecule has 2 aromatic carbocycles. The number of nitrogens with one attached hydrogen (secondary N) is 1. The zero-order valence-electron chi connectivity index (χ0n) is 14.9. The van der Waals surface area contributed by atoms with E-state index in [0.29, 0.717) is 25.3 Å². The first kappa shape index (κ1) is 17.8. The van der Waals surface area contributed by atoms with Gasteiger partial charge in [-0.2, -0.15) is 0 Å². The van der Waals surface area contributed by atoms with Crippen molar-refractivity contribution in [3.63, 3.8) is 0 Å². The van der Waals surface area contributed by atoms with Crippen molar-refractivity contribution in [1.82, 2.24) is 9.88 Å². The van der Waals surface area contributed by atoms with Gasteiger partial charge in [-0.1, -0.05) is 12.1 Å². The highest BCUT2D eigenvalue weighted by atomic mass is 19.1. The normalized spacial score (nSPS) is 16.4. The van der Waals surface area contributed by atoms with Crippen molar-refractivity contribution in [2.75, 3.05) is 38.2 Å². The molecule has 1 aromatic heterocycles. The Morgan fingerprint density at radius 3 is 2.67 bits per heavy atom. The second-order valence-corrected chi connectivity index (χ2v) is 6.62. The van der Waals surface area contributed by atoms with Gasteiger partial charge in [0.25, 0.3) is 0 Å². The fourth-order valence-corrected chi connectivity index (χ4v) is 3.54. The third-order valence-electron chi connectivity index (χ3n) is 4.91. The SMILES string of the molecule is Fc1cccc(C(CNc2ccnc3cc(F)ccc23)N2CCOCC2)c1. The summed E-state index contributed by atoms with van der Waals surface area (Å²) in [6, 6.07) is 13.2. The Balaban J connectivity index is 1.60. The fraction of sp³-hybridized carbons (Fsp3) is 0.286. The Bertz CT molecular complexity index is 928. The molecule has 1 N–H and O–H groups in total. The van der Waals surface area contributed by atoms with Crippen molar-refractivity contribution in [3.05, 3.63) is 71.9 Å². The first-order valence-corrected chi connectivity index (χ1v) is 9.06. The molecule has 27 heavy (non-hydrogen) atoms. The number of hydrogen-bond acceptors (Lipinski definition) is 4. The van der Waals surface area contributed by atoms with E-state index in [1.165, 1.54) is 18.2 Å². The zero-order valence-corrected chi connectivity index (χ0v) is 14.9. The average molecular weight is 369 g/mol. The molecule has 0 aliphatic carbocycles. The van der Waals surface area contributed by atoms with Gasteiger partial charge in [-0.3, -0.25) is 9.88 Å². The van der Waals surface area contributed by atoms with E-state index < -0.39 is 0 Å². The maximum atomic E-state index is 13.8. The van der Waals surface area contributed by atoms with Crippen LogP contribution < -0.4 is 5.32 Å². The average Bonchev–Trinajstić information content (AvgIpc) is 2.69. The van der Waals surface area contributed by atoms with Crippen LogP contribution in [0, 0.1) is 11.6 Å². The van der Waals surface area contributed by atoms with Crippen LogP contribution in [-0.4, -0.2) is 42.7 Å². The largest absolute Gasteiger partial charge is 0.383 e. The Morgan fingerprint density at radius 1 is 1.04 bits per heavy atom. The number of ether oxygens (including phenoxy) is 1. The summed E-state index contributed by atoms with van der Waals surface area (Å²) < 4.78 is 32.7. The molecular formula is C21H21F2N3O. The smallest absolute Gasteiger partial charge is 0.125 e. The molecule has 0 radical (unpaired) electrons. The third-order valence-corrected chi connectivity index (χ3v) is 4.91. The number of rotatable bonds is 5. The molecule has 1 atom stereocenters. The van der Waals surface area contributed by atoms with E-state index in [0.717, 1.165) is 29.7 Å². The van der Waals surface area contributed by atoms with Gasteiger partial charge in [0.1, 0.15) is 11.6 Å². The van der Waals surface area contributed by atoms with Gasteiger partial charge in [0.2, 0.25) is 0 Å². The molecule has 1 unspecified atom stereocenters. The number of halogens is 2. The molecule has 2 heterocycles. The molecular weight excluding hydrogens is 348 g/mol. The standard InChI is InChI=1S/C21H21F2N3O/c22-16-3-1-2-15(12-16)21(26-8-10-27-11-9-26)14-25-19-6-7-24-20-13-17(23)4-5-18(19)20/h1-7,12-13,21H,8-11,14H2,(H,24,25). The minimum atomic E-state index is -0.307. The summed E-state index contributed by atoms with van der Waals surface area (Å²) in [6.45, 7) is 3.53. The number of fused-ring (bicyclic) bond motifs is 1. The molecule has 4 nitrogen and oxygen atoms in total. The third kappa shape index (κ3) is 4.07. The second kappa shape index (κ2) is 7.98. The van der Waals surface area contributed by atoms with Crippen molar-refractivity contribution in [3.8, 4) is 0 Å². The van der Waals surface area contributed by atoms with Crippen molar-refractivity contribution >= 4 is 16.6 Å². The molecule has 6 heteroatoms. The number of morpholine rings is 1. The number of aromatic nitrogens is 1. The van der Waals surface area contributed by atoms with Crippen LogP contribution in [0.25, 0.3) is 10.9 Å². The lowest BCUT2D eigenvalue weighted by molar-refractivity contribution is 0.0186. The summed E-state index contributed by atoms with van der Waals surface area (Å²) in [5.74, 6) is -0.548. The summed E-state index contributed by atoms with van der Waals surface area (Å²) in [4.78, 5) is 6.53. The van der Waals surface area contributed by atoms with Crippen LogP contribution in [0.5, 0.6) is 0 Å². The highest BCUT2D eigenvalue weighted by molar-refractivity contribution is 5.90. The summed E-state index contributed by atoms with van der Waals surface area (Å²) in [6.07, 6.45) is 1.66. The summed E-state index contributed by atoms with van der Waals surface area (Å²) >= 11 is 0. The molecule has 1 saturated heterocycles. The van der Waals surface area contributed by atoms with Gasteiger partial charge in [-0.25, -0.2) is 8.78 Å². The van der Waals surface area contributed by atoms with Gasteiger partial charge in [0.05, 0.1) is 24.8 Å². The molecule has 0 spiro atoms. The predicted molar refractivity (Wildman–Crippen MR) is 102 cm³/mol. The van der Waals surface area contributed by atoms with Gasteiger partial charge in [-0.15, -0.1) is 0 Å². The van der Waals surface area contributed by atoms with E-state index in [-0.39, 0.29) is 17.7 Å². The van der Waals surface area contributed by atoms with Gasteiger partial charge >= 0.3 is 0 Å². The molecule has 3 aromatic rings. The highest BCUT2D eigenvalue weighted by Crippen LogP contribution is 2.26. The Kier molecular flexibility index (Phi) is 5.27. The lowest BCUT2D eigenvalue weighted by Crippen LogP contribution is -2.41. The van der Waals surface area contributed by atoms with Crippen LogP contribution >= 0.6 is 0 Å². The molecule has 0 amide bonds. The van der Waals surface area contributed by atoms with E-state index in [2.05, 4.69) is 15.2 Å². The fourth-order valence-electron chi connectivity index (χ4n) is 3.54. The number of hydrogen-bond donors (Lipinski definition) is 1. The van der Waals surface area contributed by atoms with Crippen LogP contribution in [0.15, 0.2) is 54.7 Å². The van der Waals surface area contributed by atoms with E-state index in [9.17, 15) is 8.78 Å². The van der Waals surface area contributed by atoms with E-state index in [1.54, 1.807) is 24.4 Å². The molecule has 0 bridgehead atoms. The monoisotopic (exact) mass is 369 g/mol. The number of pyridine rings is 1. The lowest BCUT2D eigenvalue weighted by Gasteiger charge is -2.35. The van der Waals surface area contributed by atoms with Gasteiger partial charge in [0.15, 0.2) is 0 Å². The number of benzene rings is 2. The van der Waals surface area contributed by atoms with Crippen molar-refractivity contribution in [2.24, 2.45) is 0 Å². The van der Waals surface area contributed by atoms with E-state index in [1.807, 2.05) is 12.1 Å². The summed E-state index contributed by atoms with van der Waals surface area (Å²) in [5, 5.41) is 4.32. The number of nitrogens with zero attached hydrogens (tertiary/aromatic N) is 2. The first-order chi connectivity index (χ1) is 13.2. The summed E-state index contributed by atoms with van der Waals surface area (Å²) in [7, 11) is 0. The van der Waals surface area contributed by atoms with E-state index in [4.69, 9.17) is 4.74 Å². The topological polar surface area (TPSA) is 37.4 Å². The molecule has 4 rings (SSSR count). The summed E-state index contributed by atoms with van der Waals surface area (Å²) in [5.41, 5.74) is 2.41. The van der Waals surface area contributed by atoms with Crippen LogP contribution in [0.1, 0.15) is 11.6 Å². The van der Waals surface area contributed by atoms with Crippen molar-refractivity contribution in [2.45, 2.75) is 6.04 Å².